The summed E-state index contributed by atoms with van der Waals surface area (Å²) in [7, 11) is 0. The summed E-state index contributed by atoms with van der Waals surface area (Å²) in [6.45, 7) is -0.102. The zero-order chi connectivity index (χ0) is 15.1. The summed E-state index contributed by atoms with van der Waals surface area (Å²) in [5.41, 5.74) is 0.606. The number of rotatable bonds is 2. The van der Waals surface area contributed by atoms with Gasteiger partial charge in [0, 0.05) is 23.7 Å². The third-order valence-electron chi connectivity index (χ3n) is 3.66. The molecular formula is C13H14N2O6. The first-order chi connectivity index (χ1) is 9.99. The van der Waals surface area contributed by atoms with E-state index >= 15 is 0 Å². The first kappa shape index (κ1) is 14.0. The number of benzene rings is 1. The van der Waals surface area contributed by atoms with E-state index in [-0.39, 0.29) is 12.3 Å². The van der Waals surface area contributed by atoms with Gasteiger partial charge in [-0.2, -0.15) is 0 Å². The lowest BCUT2D eigenvalue weighted by atomic mass is 10.0. The minimum Gasteiger partial charge on any atom is -0.388 e. The topological polar surface area (TPSA) is 118 Å². The van der Waals surface area contributed by atoms with Gasteiger partial charge < -0.3 is 24.6 Å². The maximum Gasteiger partial charge on any atom is 0.270 e. The highest BCUT2D eigenvalue weighted by Gasteiger charge is 2.38. The van der Waals surface area contributed by atoms with Crippen LogP contribution >= 0.6 is 0 Å². The summed E-state index contributed by atoms with van der Waals surface area (Å²) >= 11 is 0. The van der Waals surface area contributed by atoms with Crippen molar-refractivity contribution in [1.82, 2.24) is 4.57 Å². The number of non-ortho nitro benzene ring substituents is 1. The predicted molar refractivity (Wildman–Crippen MR) is 71.6 cm³/mol. The van der Waals surface area contributed by atoms with Crippen LogP contribution in [0.25, 0.3) is 10.9 Å². The second-order valence-electron chi connectivity index (χ2n) is 5.00. The predicted octanol–water partition coefficient (Wildman–Crippen LogP) is 0.161. The summed E-state index contributed by atoms with van der Waals surface area (Å²) in [6, 6.07) is 6.00. The van der Waals surface area contributed by atoms with E-state index in [1.54, 1.807) is 22.9 Å². The van der Waals surface area contributed by atoms with E-state index in [0.29, 0.717) is 10.9 Å². The molecule has 4 unspecified atom stereocenters. The highest BCUT2D eigenvalue weighted by molar-refractivity contribution is 5.82. The molecule has 0 saturated carbocycles. The molecular weight excluding hydrogens is 280 g/mol. The second-order valence-corrected chi connectivity index (χ2v) is 5.00. The van der Waals surface area contributed by atoms with E-state index in [1.807, 2.05) is 0 Å². The standard InChI is InChI=1S/C13H14N2O6/c16-10-6-21-13(12(18)11(10)17)14-4-3-7-5-8(15(19)20)1-2-9(7)14/h1-5,10-13,16-18H,6H2. The van der Waals surface area contributed by atoms with E-state index in [1.165, 1.54) is 12.1 Å². The zero-order valence-electron chi connectivity index (χ0n) is 10.9. The molecule has 1 aromatic carbocycles. The quantitative estimate of drug-likeness (QED) is 0.536. The molecule has 3 rings (SSSR count). The number of aromatic nitrogens is 1. The average molecular weight is 294 g/mol. The number of nitro groups is 1. The van der Waals surface area contributed by atoms with Crippen LogP contribution in [0, 0.1) is 10.1 Å². The Morgan fingerprint density at radius 1 is 1.24 bits per heavy atom. The van der Waals surface area contributed by atoms with Crippen molar-refractivity contribution in [1.29, 1.82) is 0 Å². The fraction of sp³-hybridized carbons (Fsp3) is 0.385. The molecule has 1 aliphatic rings. The lowest BCUT2D eigenvalue weighted by Gasteiger charge is -2.36. The van der Waals surface area contributed by atoms with Crippen LogP contribution in [0.1, 0.15) is 6.23 Å². The van der Waals surface area contributed by atoms with Crippen LogP contribution in [0.2, 0.25) is 0 Å². The number of aliphatic hydroxyl groups is 3. The zero-order valence-corrected chi connectivity index (χ0v) is 10.9. The lowest BCUT2D eigenvalue weighted by molar-refractivity contribution is -0.384. The van der Waals surface area contributed by atoms with Crippen LogP contribution < -0.4 is 0 Å². The van der Waals surface area contributed by atoms with Gasteiger partial charge in [0.1, 0.15) is 18.3 Å². The molecule has 21 heavy (non-hydrogen) atoms. The number of hydrogen-bond acceptors (Lipinski definition) is 6. The molecule has 8 heteroatoms. The molecule has 1 fully saturated rings. The smallest absolute Gasteiger partial charge is 0.270 e. The molecule has 3 N–H and O–H groups in total. The van der Waals surface area contributed by atoms with E-state index in [0.717, 1.165) is 0 Å². The van der Waals surface area contributed by atoms with Crippen molar-refractivity contribution in [3.63, 3.8) is 0 Å². The molecule has 0 aliphatic carbocycles. The lowest BCUT2D eigenvalue weighted by Crippen LogP contribution is -2.50. The van der Waals surface area contributed by atoms with Crippen LogP contribution in [0.4, 0.5) is 5.69 Å². The molecule has 0 amide bonds. The van der Waals surface area contributed by atoms with Gasteiger partial charge in [-0.05, 0) is 12.1 Å². The molecule has 4 atom stereocenters. The maximum absolute atomic E-state index is 10.8. The third-order valence-corrected chi connectivity index (χ3v) is 3.66. The van der Waals surface area contributed by atoms with Crippen molar-refractivity contribution in [2.45, 2.75) is 24.5 Å². The maximum atomic E-state index is 10.8. The fourth-order valence-electron chi connectivity index (χ4n) is 2.52. The molecule has 8 nitrogen and oxygen atoms in total. The van der Waals surface area contributed by atoms with Gasteiger partial charge >= 0.3 is 0 Å². The SMILES string of the molecule is O=[N+]([O-])c1ccc2c(ccn2C2OCC(O)C(O)C2O)c1. The Bertz CT molecular complexity index is 684. The highest BCUT2D eigenvalue weighted by Crippen LogP contribution is 2.30. The Hall–Kier alpha value is -2.00. The van der Waals surface area contributed by atoms with Gasteiger partial charge in [-0.1, -0.05) is 0 Å². The average Bonchev–Trinajstić information content (AvgIpc) is 2.88. The minimum absolute atomic E-state index is 0.0270. The summed E-state index contributed by atoms with van der Waals surface area (Å²) in [4.78, 5) is 10.3. The number of hydrogen-bond donors (Lipinski definition) is 3. The molecule has 1 saturated heterocycles. The molecule has 1 aliphatic heterocycles. The van der Waals surface area contributed by atoms with E-state index in [9.17, 15) is 25.4 Å². The summed E-state index contributed by atoms with van der Waals surface area (Å²) in [5.74, 6) is 0. The third kappa shape index (κ3) is 2.28. The fourth-order valence-corrected chi connectivity index (χ4v) is 2.52. The minimum atomic E-state index is -1.31. The Kier molecular flexibility index (Phi) is 3.38. The highest BCUT2D eigenvalue weighted by atomic mass is 16.6. The van der Waals surface area contributed by atoms with Crippen molar-refractivity contribution < 1.29 is 25.0 Å². The van der Waals surface area contributed by atoms with Crippen LogP contribution in [-0.2, 0) is 4.74 Å². The number of ether oxygens (including phenoxy) is 1. The van der Waals surface area contributed by atoms with Crippen LogP contribution in [0.3, 0.4) is 0 Å². The molecule has 0 bridgehead atoms. The van der Waals surface area contributed by atoms with Crippen molar-refractivity contribution >= 4 is 16.6 Å². The van der Waals surface area contributed by atoms with Gasteiger partial charge in [-0.15, -0.1) is 0 Å². The summed E-state index contributed by atoms with van der Waals surface area (Å²) in [6.07, 6.45) is -2.98. The van der Waals surface area contributed by atoms with E-state index in [4.69, 9.17) is 4.74 Å². The van der Waals surface area contributed by atoms with Crippen LogP contribution in [0.15, 0.2) is 30.5 Å². The van der Waals surface area contributed by atoms with Crippen molar-refractivity contribution in [2.75, 3.05) is 6.61 Å². The van der Waals surface area contributed by atoms with Crippen LogP contribution in [-0.4, -0.2) is 49.7 Å². The Morgan fingerprint density at radius 3 is 2.71 bits per heavy atom. The van der Waals surface area contributed by atoms with Gasteiger partial charge in [-0.25, -0.2) is 0 Å². The van der Waals surface area contributed by atoms with E-state index < -0.39 is 29.5 Å². The first-order valence-corrected chi connectivity index (χ1v) is 6.40. The molecule has 0 radical (unpaired) electrons. The molecule has 2 aromatic rings. The van der Waals surface area contributed by atoms with Gasteiger partial charge in [-0.3, -0.25) is 10.1 Å². The van der Waals surface area contributed by atoms with Gasteiger partial charge in [0.05, 0.1) is 17.0 Å². The summed E-state index contributed by atoms with van der Waals surface area (Å²) < 4.78 is 6.95. The van der Waals surface area contributed by atoms with Crippen molar-refractivity contribution in [3.8, 4) is 0 Å². The van der Waals surface area contributed by atoms with E-state index in [2.05, 4.69) is 0 Å². The first-order valence-electron chi connectivity index (χ1n) is 6.40. The number of nitro benzene ring substituents is 1. The Morgan fingerprint density at radius 2 is 2.00 bits per heavy atom. The number of aliphatic hydroxyl groups excluding tert-OH is 3. The second kappa shape index (κ2) is 5.08. The number of fused-ring (bicyclic) bond motifs is 1. The van der Waals surface area contributed by atoms with Crippen molar-refractivity contribution in [3.05, 3.63) is 40.6 Å². The largest absolute Gasteiger partial charge is 0.388 e. The number of nitrogens with zero attached hydrogens (tertiary/aromatic N) is 2. The Balaban J connectivity index is 1.99. The van der Waals surface area contributed by atoms with Gasteiger partial charge in [0.2, 0.25) is 0 Å². The van der Waals surface area contributed by atoms with Crippen LogP contribution in [0.5, 0.6) is 0 Å². The molecule has 112 valence electrons. The molecule has 2 heterocycles. The molecule has 1 aromatic heterocycles. The normalized spacial score (nSPS) is 29.7. The van der Waals surface area contributed by atoms with Crippen molar-refractivity contribution in [2.24, 2.45) is 0 Å². The summed E-state index contributed by atoms with van der Waals surface area (Å²) in [5, 5.41) is 40.6. The molecule has 0 spiro atoms. The Labute approximate surface area is 119 Å². The van der Waals surface area contributed by atoms with Gasteiger partial charge in [0.15, 0.2) is 6.23 Å². The monoisotopic (exact) mass is 294 g/mol. The van der Waals surface area contributed by atoms with Gasteiger partial charge in [0.25, 0.3) is 5.69 Å².